The van der Waals surface area contributed by atoms with Crippen LogP contribution in [0, 0.1) is 12.8 Å². The smallest absolute Gasteiger partial charge is 0.344 e. The van der Waals surface area contributed by atoms with Crippen molar-refractivity contribution in [2.75, 3.05) is 14.2 Å². The third-order valence-electron chi connectivity index (χ3n) is 4.50. The Kier molecular flexibility index (Phi) is 5.40. The lowest BCUT2D eigenvalue weighted by Crippen LogP contribution is -2.14. The van der Waals surface area contributed by atoms with Crippen molar-refractivity contribution in [1.82, 2.24) is 0 Å². The summed E-state index contributed by atoms with van der Waals surface area (Å²) in [5.74, 6) is 0.935. The maximum absolute atomic E-state index is 12.7. The zero-order valence-corrected chi connectivity index (χ0v) is 16.5. The number of aryl methyl sites for hydroxylation is 1. The topological polar surface area (TPSA) is 75.0 Å². The zero-order chi connectivity index (χ0) is 20.4. The summed E-state index contributed by atoms with van der Waals surface area (Å²) in [6, 6.07) is 10.1. The van der Waals surface area contributed by atoms with E-state index in [4.69, 9.17) is 18.6 Å². The molecule has 6 heteroatoms. The Balaban J connectivity index is 2.22. The molecule has 2 aromatic carbocycles. The lowest BCUT2D eigenvalue weighted by atomic mass is 9.98. The van der Waals surface area contributed by atoms with E-state index < -0.39 is 5.63 Å². The summed E-state index contributed by atoms with van der Waals surface area (Å²) in [4.78, 5) is 24.6. The highest BCUT2D eigenvalue weighted by Crippen LogP contribution is 2.36. The number of esters is 1. The van der Waals surface area contributed by atoms with E-state index in [-0.39, 0.29) is 11.9 Å². The van der Waals surface area contributed by atoms with Gasteiger partial charge in [0.25, 0.3) is 0 Å². The molecular weight excluding hydrogens is 360 g/mol. The number of ether oxygens (including phenoxy) is 3. The minimum absolute atomic E-state index is 0.248. The maximum atomic E-state index is 12.7. The molecule has 0 fully saturated rings. The van der Waals surface area contributed by atoms with E-state index in [1.165, 1.54) is 7.11 Å². The van der Waals surface area contributed by atoms with Crippen molar-refractivity contribution in [3.8, 4) is 28.4 Å². The van der Waals surface area contributed by atoms with Crippen LogP contribution in [0.1, 0.15) is 19.4 Å². The number of fused-ring (bicyclic) bond motifs is 1. The van der Waals surface area contributed by atoms with Crippen LogP contribution in [-0.2, 0) is 4.79 Å². The van der Waals surface area contributed by atoms with Gasteiger partial charge in [-0.25, -0.2) is 4.79 Å². The quantitative estimate of drug-likeness (QED) is 0.371. The number of carbonyl (C=O) groups excluding carboxylic acids is 1. The number of rotatable bonds is 5. The van der Waals surface area contributed by atoms with Crippen LogP contribution >= 0.6 is 0 Å². The van der Waals surface area contributed by atoms with Gasteiger partial charge >= 0.3 is 11.6 Å². The molecule has 0 bridgehead atoms. The molecule has 0 saturated heterocycles. The Labute approximate surface area is 162 Å². The molecule has 0 amide bonds. The minimum Gasteiger partial charge on any atom is -0.497 e. The van der Waals surface area contributed by atoms with E-state index in [2.05, 4.69) is 0 Å². The van der Waals surface area contributed by atoms with Gasteiger partial charge in [-0.2, -0.15) is 0 Å². The summed E-state index contributed by atoms with van der Waals surface area (Å²) >= 11 is 0. The van der Waals surface area contributed by atoms with Crippen molar-refractivity contribution >= 4 is 16.9 Å². The van der Waals surface area contributed by atoms with Crippen molar-refractivity contribution in [3.63, 3.8) is 0 Å². The van der Waals surface area contributed by atoms with Crippen LogP contribution in [0.15, 0.2) is 45.6 Å². The molecule has 3 aromatic rings. The van der Waals surface area contributed by atoms with E-state index in [1.54, 1.807) is 57.4 Å². The average Bonchev–Trinajstić information content (AvgIpc) is 2.68. The van der Waals surface area contributed by atoms with Gasteiger partial charge in [0.2, 0.25) is 0 Å². The van der Waals surface area contributed by atoms with Crippen molar-refractivity contribution in [1.29, 1.82) is 0 Å². The van der Waals surface area contributed by atoms with E-state index in [0.717, 1.165) is 0 Å². The van der Waals surface area contributed by atoms with E-state index >= 15 is 0 Å². The van der Waals surface area contributed by atoms with Crippen molar-refractivity contribution in [3.05, 3.63) is 52.4 Å². The Morgan fingerprint density at radius 3 is 2.36 bits per heavy atom. The van der Waals surface area contributed by atoms with Crippen LogP contribution < -0.4 is 19.8 Å². The van der Waals surface area contributed by atoms with Crippen LogP contribution in [-0.4, -0.2) is 20.2 Å². The summed E-state index contributed by atoms with van der Waals surface area (Å²) in [5, 5.41) is 0.675. The van der Waals surface area contributed by atoms with Crippen molar-refractivity contribution in [2.24, 2.45) is 5.92 Å². The zero-order valence-electron chi connectivity index (χ0n) is 16.5. The first-order valence-corrected chi connectivity index (χ1v) is 8.87. The van der Waals surface area contributed by atoms with Gasteiger partial charge in [-0.1, -0.05) is 13.8 Å². The number of benzene rings is 2. The molecule has 0 aliphatic rings. The third kappa shape index (κ3) is 3.58. The first-order chi connectivity index (χ1) is 13.3. The molecular formula is C22H22O6. The largest absolute Gasteiger partial charge is 0.497 e. The maximum Gasteiger partial charge on any atom is 0.344 e. The molecule has 1 heterocycles. The number of hydrogen-bond donors (Lipinski definition) is 0. The number of hydrogen-bond acceptors (Lipinski definition) is 6. The second kappa shape index (κ2) is 7.76. The molecule has 0 aliphatic carbocycles. The molecule has 0 spiro atoms. The normalized spacial score (nSPS) is 10.9. The van der Waals surface area contributed by atoms with Crippen LogP contribution in [0.25, 0.3) is 22.1 Å². The molecule has 6 nitrogen and oxygen atoms in total. The van der Waals surface area contributed by atoms with Crippen LogP contribution in [0.5, 0.6) is 17.2 Å². The fourth-order valence-electron chi connectivity index (χ4n) is 2.95. The molecule has 28 heavy (non-hydrogen) atoms. The summed E-state index contributed by atoms with van der Waals surface area (Å²) < 4.78 is 21.6. The Hall–Kier alpha value is -3.28. The van der Waals surface area contributed by atoms with E-state index in [9.17, 15) is 9.59 Å². The predicted molar refractivity (Wildman–Crippen MR) is 106 cm³/mol. The van der Waals surface area contributed by atoms with Crippen molar-refractivity contribution in [2.45, 2.75) is 20.8 Å². The molecule has 0 N–H and O–H groups in total. The predicted octanol–water partition coefficient (Wildman–Crippen LogP) is 4.35. The lowest BCUT2D eigenvalue weighted by Gasteiger charge is -2.13. The molecule has 0 saturated carbocycles. The number of methoxy groups -OCH3 is 2. The second-order valence-corrected chi connectivity index (χ2v) is 6.69. The van der Waals surface area contributed by atoms with E-state index in [0.29, 0.717) is 44.9 Å². The molecule has 0 unspecified atom stereocenters. The third-order valence-corrected chi connectivity index (χ3v) is 4.50. The fraction of sp³-hybridized carbons (Fsp3) is 0.273. The van der Waals surface area contributed by atoms with Gasteiger partial charge in [-0.05, 0) is 48.9 Å². The highest BCUT2D eigenvalue weighted by molar-refractivity contribution is 5.89. The van der Waals surface area contributed by atoms with Crippen molar-refractivity contribution < 1.29 is 23.4 Å². The van der Waals surface area contributed by atoms with Crippen LogP contribution in [0.3, 0.4) is 0 Å². The first kappa shape index (κ1) is 19.5. The highest BCUT2D eigenvalue weighted by Gasteiger charge is 2.19. The fourth-order valence-corrected chi connectivity index (χ4v) is 2.95. The van der Waals surface area contributed by atoms with Gasteiger partial charge in [0.15, 0.2) is 0 Å². The molecule has 0 aliphatic heterocycles. The molecule has 0 radical (unpaired) electrons. The average molecular weight is 382 g/mol. The van der Waals surface area contributed by atoms with Gasteiger partial charge in [-0.15, -0.1) is 0 Å². The Morgan fingerprint density at radius 1 is 1.00 bits per heavy atom. The van der Waals surface area contributed by atoms with Crippen LogP contribution in [0.2, 0.25) is 0 Å². The van der Waals surface area contributed by atoms with Gasteiger partial charge in [-0.3, -0.25) is 4.79 Å². The Bertz CT molecular complexity index is 1090. The van der Waals surface area contributed by atoms with E-state index in [1.807, 2.05) is 6.92 Å². The standard InChI is InChI=1S/C22H22O6/c1-12(2)21(23)27-15-7-9-19-16(11-15)13(3)20(22(24)28-19)17-10-14(25-4)6-8-18(17)26-5/h6-12H,1-5H3. The highest BCUT2D eigenvalue weighted by atomic mass is 16.5. The molecule has 1 aromatic heterocycles. The van der Waals surface area contributed by atoms with Crippen LogP contribution in [0.4, 0.5) is 0 Å². The minimum atomic E-state index is -0.483. The molecule has 3 rings (SSSR count). The summed E-state index contributed by atoms with van der Waals surface area (Å²) in [7, 11) is 3.09. The summed E-state index contributed by atoms with van der Waals surface area (Å²) in [6.45, 7) is 5.35. The monoisotopic (exact) mass is 382 g/mol. The molecule has 146 valence electrons. The number of carbonyl (C=O) groups is 1. The second-order valence-electron chi connectivity index (χ2n) is 6.69. The summed E-state index contributed by atoms with van der Waals surface area (Å²) in [5.41, 5.74) is 1.57. The Morgan fingerprint density at radius 2 is 1.71 bits per heavy atom. The lowest BCUT2D eigenvalue weighted by molar-refractivity contribution is -0.137. The first-order valence-electron chi connectivity index (χ1n) is 8.87. The molecule has 0 atom stereocenters. The van der Waals surface area contributed by atoms with Gasteiger partial charge in [0.1, 0.15) is 22.8 Å². The SMILES string of the molecule is COc1ccc(OC)c(-c2c(C)c3cc(OC(=O)C(C)C)ccc3oc2=O)c1. The van der Waals surface area contributed by atoms with Gasteiger partial charge in [0, 0.05) is 10.9 Å². The van der Waals surface area contributed by atoms with Gasteiger partial charge in [0.05, 0.1) is 25.7 Å². The summed E-state index contributed by atoms with van der Waals surface area (Å²) in [6.07, 6.45) is 0. The van der Waals surface area contributed by atoms with Gasteiger partial charge < -0.3 is 18.6 Å².